The number of aliphatic hydroxyl groups is 1. The van der Waals surface area contributed by atoms with Crippen LogP contribution >= 0.6 is 0 Å². The molecule has 1 heterocycles. The quantitative estimate of drug-likeness (QED) is 0.763. The van der Waals surface area contributed by atoms with Crippen LogP contribution in [0.25, 0.3) is 0 Å². The summed E-state index contributed by atoms with van der Waals surface area (Å²) >= 11 is 0. The molecular weight excluding hydrogens is 256 g/mol. The highest BCUT2D eigenvalue weighted by atomic mass is 32.2. The van der Waals surface area contributed by atoms with Crippen LogP contribution < -0.4 is 5.73 Å². The Morgan fingerprint density at radius 2 is 2.22 bits per heavy atom. The molecule has 0 unspecified atom stereocenters. The third-order valence-electron chi connectivity index (χ3n) is 3.29. The Labute approximate surface area is 106 Å². The number of nitrogen functional groups attached to an aromatic ring is 1. The normalized spacial score (nSPS) is 24.2. The van der Waals surface area contributed by atoms with Gasteiger partial charge >= 0.3 is 0 Å². The summed E-state index contributed by atoms with van der Waals surface area (Å²) in [5.41, 5.74) is 5.59. The van der Waals surface area contributed by atoms with Gasteiger partial charge in [-0.25, -0.2) is 13.4 Å². The Balaban J connectivity index is 2.16. The summed E-state index contributed by atoms with van der Waals surface area (Å²) in [7, 11) is -0.504. The highest BCUT2D eigenvalue weighted by Gasteiger charge is 2.33. The van der Waals surface area contributed by atoms with Crippen molar-refractivity contribution in [3.8, 4) is 0 Å². The number of aryl methyl sites for hydroxylation is 1. The first kappa shape index (κ1) is 13.3. The van der Waals surface area contributed by atoms with Crippen LogP contribution in [0, 0.1) is 5.92 Å². The molecule has 102 valence electrons. The van der Waals surface area contributed by atoms with Crippen LogP contribution in [0.1, 0.15) is 12.8 Å². The first-order valence-corrected chi connectivity index (χ1v) is 7.17. The molecule has 0 aliphatic heterocycles. The van der Waals surface area contributed by atoms with Crippen LogP contribution in [0.4, 0.5) is 5.82 Å². The van der Waals surface area contributed by atoms with Crippen molar-refractivity contribution >= 4 is 15.8 Å². The SMILES string of the molecule is CN(CC1CC(O)C1)S(=O)(=O)c1c(N)ncn1C. The fourth-order valence-corrected chi connectivity index (χ4v) is 3.64. The predicted octanol–water partition coefficient (Wildman–Crippen LogP) is -0.606. The average molecular weight is 274 g/mol. The minimum Gasteiger partial charge on any atom is -0.393 e. The van der Waals surface area contributed by atoms with Gasteiger partial charge in [-0.05, 0) is 18.8 Å². The molecule has 0 saturated heterocycles. The zero-order valence-electron chi connectivity index (χ0n) is 10.4. The van der Waals surface area contributed by atoms with Gasteiger partial charge in [-0.3, -0.25) is 0 Å². The molecule has 1 saturated carbocycles. The maximum atomic E-state index is 12.3. The lowest BCUT2D eigenvalue weighted by Crippen LogP contribution is -2.40. The first-order chi connectivity index (χ1) is 8.32. The third-order valence-corrected chi connectivity index (χ3v) is 5.25. The molecule has 1 aliphatic rings. The number of aromatic nitrogens is 2. The Hall–Kier alpha value is -1.12. The van der Waals surface area contributed by atoms with E-state index in [1.54, 1.807) is 7.05 Å². The smallest absolute Gasteiger partial charge is 0.262 e. The van der Waals surface area contributed by atoms with Gasteiger partial charge in [0.05, 0.1) is 12.4 Å². The molecule has 3 N–H and O–H groups in total. The summed E-state index contributed by atoms with van der Waals surface area (Å²) in [6, 6.07) is 0. The number of anilines is 1. The highest BCUT2D eigenvalue weighted by Crippen LogP contribution is 2.29. The summed E-state index contributed by atoms with van der Waals surface area (Å²) in [4.78, 5) is 3.79. The summed E-state index contributed by atoms with van der Waals surface area (Å²) in [5, 5.41) is 9.22. The number of nitrogens with two attached hydrogens (primary N) is 1. The van der Waals surface area contributed by atoms with Gasteiger partial charge in [-0.1, -0.05) is 0 Å². The third kappa shape index (κ3) is 2.23. The topological polar surface area (TPSA) is 101 Å². The molecule has 8 heteroatoms. The Morgan fingerprint density at radius 1 is 1.61 bits per heavy atom. The lowest BCUT2D eigenvalue weighted by atomic mass is 9.82. The van der Waals surface area contributed by atoms with Crippen molar-refractivity contribution in [3.63, 3.8) is 0 Å². The van der Waals surface area contributed by atoms with E-state index in [0.717, 1.165) is 0 Å². The van der Waals surface area contributed by atoms with Crippen molar-refractivity contribution in [3.05, 3.63) is 6.33 Å². The van der Waals surface area contributed by atoms with Crippen molar-refractivity contribution in [1.29, 1.82) is 0 Å². The van der Waals surface area contributed by atoms with E-state index in [2.05, 4.69) is 4.98 Å². The molecule has 7 nitrogen and oxygen atoms in total. The standard InChI is InChI=1S/C10H18N4O3S/c1-13-6-12-9(11)10(13)18(16,17)14(2)5-7-3-8(15)4-7/h6-8,15H,3-5,11H2,1-2H3. The molecule has 2 rings (SSSR count). The lowest BCUT2D eigenvalue weighted by molar-refractivity contribution is 0.0367. The maximum Gasteiger partial charge on any atom is 0.262 e. The van der Waals surface area contributed by atoms with E-state index in [-0.39, 0.29) is 22.9 Å². The van der Waals surface area contributed by atoms with Gasteiger partial charge < -0.3 is 15.4 Å². The Bertz CT molecular complexity index is 514. The second kappa shape index (κ2) is 4.52. The van der Waals surface area contributed by atoms with E-state index in [0.29, 0.717) is 19.4 Å². The van der Waals surface area contributed by atoms with Crippen molar-refractivity contribution in [2.75, 3.05) is 19.3 Å². The summed E-state index contributed by atoms with van der Waals surface area (Å²) in [6.45, 7) is 0.393. The van der Waals surface area contributed by atoms with Gasteiger partial charge in [0.2, 0.25) is 0 Å². The second-order valence-corrected chi connectivity index (χ2v) is 6.78. The molecule has 0 atom stereocenters. The van der Waals surface area contributed by atoms with Crippen molar-refractivity contribution in [2.45, 2.75) is 24.0 Å². The van der Waals surface area contributed by atoms with Gasteiger partial charge in [-0.15, -0.1) is 0 Å². The van der Waals surface area contributed by atoms with Gasteiger partial charge in [0, 0.05) is 20.6 Å². The van der Waals surface area contributed by atoms with Crippen LogP contribution in [0.2, 0.25) is 0 Å². The predicted molar refractivity (Wildman–Crippen MR) is 66.2 cm³/mol. The molecular formula is C10H18N4O3S. The zero-order valence-corrected chi connectivity index (χ0v) is 11.3. The number of aliphatic hydroxyl groups excluding tert-OH is 1. The number of rotatable bonds is 4. The molecule has 1 aliphatic carbocycles. The van der Waals surface area contributed by atoms with Gasteiger partial charge in [0.15, 0.2) is 10.8 Å². The largest absolute Gasteiger partial charge is 0.393 e. The van der Waals surface area contributed by atoms with Crippen molar-refractivity contribution in [2.24, 2.45) is 13.0 Å². The number of imidazole rings is 1. The number of hydrogen-bond donors (Lipinski definition) is 2. The molecule has 0 radical (unpaired) electrons. The number of nitrogens with zero attached hydrogens (tertiary/aromatic N) is 3. The number of sulfonamides is 1. The highest BCUT2D eigenvalue weighted by molar-refractivity contribution is 7.89. The second-order valence-electron chi connectivity index (χ2n) is 4.82. The van der Waals surface area contributed by atoms with Crippen LogP contribution in [-0.4, -0.2) is 47.1 Å². The van der Waals surface area contributed by atoms with Crippen LogP contribution in [0.15, 0.2) is 11.4 Å². The van der Waals surface area contributed by atoms with Crippen molar-refractivity contribution < 1.29 is 13.5 Å². The molecule has 18 heavy (non-hydrogen) atoms. The van der Waals surface area contributed by atoms with Gasteiger partial charge in [0.25, 0.3) is 10.0 Å². The Morgan fingerprint density at radius 3 is 2.67 bits per heavy atom. The molecule has 0 aromatic carbocycles. The van der Waals surface area contributed by atoms with Gasteiger partial charge in [-0.2, -0.15) is 4.31 Å². The molecule has 1 aromatic heterocycles. The van der Waals surface area contributed by atoms with Crippen LogP contribution in [0.3, 0.4) is 0 Å². The van der Waals surface area contributed by atoms with Crippen LogP contribution in [-0.2, 0) is 17.1 Å². The van der Waals surface area contributed by atoms with E-state index in [1.165, 1.54) is 22.2 Å². The number of hydrogen-bond acceptors (Lipinski definition) is 5. The fourth-order valence-electron chi connectivity index (χ4n) is 2.21. The maximum absolute atomic E-state index is 12.3. The summed E-state index contributed by atoms with van der Waals surface area (Å²) in [5.74, 6) is 0.229. The average Bonchev–Trinajstić information content (AvgIpc) is 2.56. The van der Waals surface area contributed by atoms with E-state index in [1.807, 2.05) is 0 Å². The minimum absolute atomic E-state index is 0.0120. The van der Waals surface area contributed by atoms with E-state index in [9.17, 15) is 13.5 Å². The summed E-state index contributed by atoms with van der Waals surface area (Å²) < 4.78 is 27.3. The summed E-state index contributed by atoms with van der Waals surface area (Å²) in [6.07, 6.45) is 2.40. The zero-order chi connectivity index (χ0) is 13.5. The van der Waals surface area contributed by atoms with Crippen LogP contribution in [0.5, 0.6) is 0 Å². The van der Waals surface area contributed by atoms with E-state index >= 15 is 0 Å². The molecule has 0 amide bonds. The lowest BCUT2D eigenvalue weighted by Gasteiger charge is -2.34. The molecule has 0 spiro atoms. The monoisotopic (exact) mass is 274 g/mol. The minimum atomic E-state index is -3.62. The van der Waals surface area contributed by atoms with Gasteiger partial charge in [0.1, 0.15) is 0 Å². The Kier molecular flexibility index (Phi) is 3.35. The molecule has 1 aromatic rings. The fraction of sp³-hybridized carbons (Fsp3) is 0.700. The molecule has 0 bridgehead atoms. The van der Waals surface area contributed by atoms with E-state index < -0.39 is 10.0 Å². The molecule has 1 fully saturated rings. The van der Waals surface area contributed by atoms with Crippen molar-refractivity contribution in [1.82, 2.24) is 13.9 Å². The first-order valence-electron chi connectivity index (χ1n) is 5.73. The van der Waals surface area contributed by atoms with E-state index in [4.69, 9.17) is 5.73 Å².